The average Bonchev–Trinajstić information content (AvgIpc) is 2.97. The maximum absolute atomic E-state index is 10.0. The molecule has 1 heterocycles. The fourth-order valence-electron chi connectivity index (χ4n) is 2.89. The molecule has 0 aliphatic carbocycles. The highest BCUT2D eigenvalue weighted by Gasteiger charge is 2.33. The van der Waals surface area contributed by atoms with Crippen LogP contribution in [0.15, 0.2) is 30.3 Å². The van der Waals surface area contributed by atoms with E-state index in [0.717, 1.165) is 32.6 Å². The molecule has 0 bridgehead atoms. The number of nitrogens with one attached hydrogen (secondary N) is 1. The summed E-state index contributed by atoms with van der Waals surface area (Å²) < 4.78 is 0. The summed E-state index contributed by atoms with van der Waals surface area (Å²) in [6.45, 7) is 6.45. The third kappa shape index (κ3) is 3.56. The van der Waals surface area contributed by atoms with Gasteiger partial charge < -0.3 is 15.3 Å². The van der Waals surface area contributed by atoms with Gasteiger partial charge in [0.2, 0.25) is 0 Å². The zero-order valence-corrected chi connectivity index (χ0v) is 11.9. The second-order valence-corrected chi connectivity index (χ2v) is 5.52. The van der Waals surface area contributed by atoms with Crippen molar-refractivity contribution >= 4 is 0 Å². The summed E-state index contributed by atoms with van der Waals surface area (Å²) in [5.74, 6) is 0. The molecule has 1 aromatic rings. The van der Waals surface area contributed by atoms with Gasteiger partial charge in [-0.15, -0.1) is 0 Å². The first-order chi connectivity index (χ1) is 9.30. The molecule has 0 aromatic heterocycles. The van der Waals surface area contributed by atoms with E-state index in [0.29, 0.717) is 0 Å². The van der Waals surface area contributed by atoms with E-state index in [2.05, 4.69) is 41.4 Å². The lowest BCUT2D eigenvalue weighted by molar-refractivity contribution is 0.117. The van der Waals surface area contributed by atoms with Crippen LogP contribution in [0.3, 0.4) is 0 Å². The molecule has 106 valence electrons. The molecule has 0 radical (unpaired) electrons. The summed E-state index contributed by atoms with van der Waals surface area (Å²) in [6.07, 6.45) is 3.64. The first-order valence-corrected chi connectivity index (χ1v) is 7.44. The minimum Gasteiger partial charge on any atom is -0.394 e. The van der Waals surface area contributed by atoms with Crippen LogP contribution in [0, 0.1) is 0 Å². The Bertz CT molecular complexity index is 362. The fourth-order valence-corrected chi connectivity index (χ4v) is 2.89. The van der Waals surface area contributed by atoms with E-state index >= 15 is 0 Å². The summed E-state index contributed by atoms with van der Waals surface area (Å²) in [7, 11) is 0. The molecular weight excluding hydrogens is 236 g/mol. The lowest BCUT2D eigenvalue weighted by Crippen LogP contribution is -2.53. The highest BCUT2D eigenvalue weighted by atomic mass is 16.3. The van der Waals surface area contributed by atoms with Gasteiger partial charge in [-0.25, -0.2) is 0 Å². The van der Waals surface area contributed by atoms with Crippen LogP contribution in [0.1, 0.15) is 31.7 Å². The van der Waals surface area contributed by atoms with Crippen molar-refractivity contribution in [2.24, 2.45) is 0 Å². The largest absolute Gasteiger partial charge is 0.394 e. The van der Waals surface area contributed by atoms with Gasteiger partial charge in [-0.3, -0.25) is 0 Å². The van der Waals surface area contributed by atoms with E-state index in [-0.39, 0.29) is 12.1 Å². The predicted molar refractivity (Wildman–Crippen MR) is 79.2 cm³/mol. The van der Waals surface area contributed by atoms with Crippen LogP contribution >= 0.6 is 0 Å². The molecule has 1 atom stereocenters. The molecule has 1 saturated heterocycles. The minimum atomic E-state index is -0.318. The number of benzene rings is 1. The Kier molecular flexibility index (Phi) is 5.37. The van der Waals surface area contributed by atoms with Crippen molar-refractivity contribution in [1.82, 2.24) is 10.2 Å². The molecule has 1 fully saturated rings. The number of aliphatic hydroxyl groups is 1. The van der Waals surface area contributed by atoms with Gasteiger partial charge in [0.15, 0.2) is 0 Å². The number of rotatable bonds is 7. The molecular formula is C16H26N2O. The Morgan fingerprint density at radius 2 is 1.89 bits per heavy atom. The van der Waals surface area contributed by atoms with Crippen LogP contribution in [0.2, 0.25) is 0 Å². The van der Waals surface area contributed by atoms with Gasteiger partial charge in [0.1, 0.15) is 0 Å². The van der Waals surface area contributed by atoms with E-state index in [1.807, 2.05) is 6.07 Å². The Balaban J connectivity index is 2.19. The zero-order chi connectivity index (χ0) is 13.6. The summed E-state index contributed by atoms with van der Waals surface area (Å²) in [5, 5.41) is 13.6. The molecule has 0 spiro atoms. The Morgan fingerprint density at radius 1 is 1.21 bits per heavy atom. The SMILES string of the molecule is CCCNC(CO)(CN1CCCC1)c1ccccc1. The second-order valence-electron chi connectivity index (χ2n) is 5.52. The molecule has 1 aromatic carbocycles. The minimum absolute atomic E-state index is 0.146. The number of aliphatic hydroxyl groups excluding tert-OH is 1. The smallest absolute Gasteiger partial charge is 0.0797 e. The average molecular weight is 262 g/mol. The Labute approximate surface area is 116 Å². The molecule has 19 heavy (non-hydrogen) atoms. The van der Waals surface area contributed by atoms with Crippen molar-refractivity contribution < 1.29 is 5.11 Å². The quantitative estimate of drug-likeness (QED) is 0.788. The van der Waals surface area contributed by atoms with Crippen molar-refractivity contribution in [3.63, 3.8) is 0 Å². The van der Waals surface area contributed by atoms with E-state index in [1.165, 1.54) is 18.4 Å². The maximum atomic E-state index is 10.0. The van der Waals surface area contributed by atoms with Gasteiger partial charge >= 0.3 is 0 Å². The van der Waals surface area contributed by atoms with Crippen molar-refractivity contribution in [2.75, 3.05) is 32.8 Å². The summed E-state index contributed by atoms with van der Waals surface area (Å²) in [5.41, 5.74) is 0.875. The first-order valence-electron chi connectivity index (χ1n) is 7.44. The van der Waals surface area contributed by atoms with Gasteiger partial charge in [0, 0.05) is 6.54 Å². The van der Waals surface area contributed by atoms with Crippen molar-refractivity contribution in [3.8, 4) is 0 Å². The van der Waals surface area contributed by atoms with Crippen LogP contribution in [-0.2, 0) is 5.54 Å². The van der Waals surface area contributed by atoms with Gasteiger partial charge in [-0.05, 0) is 44.5 Å². The number of hydrogen-bond donors (Lipinski definition) is 2. The summed E-state index contributed by atoms with van der Waals surface area (Å²) in [4.78, 5) is 2.46. The highest BCUT2D eigenvalue weighted by Crippen LogP contribution is 2.24. The molecule has 0 saturated carbocycles. The first kappa shape index (κ1) is 14.5. The predicted octanol–water partition coefficient (Wildman–Crippen LogP) is 1.97. The fraction of sp³-hybridized carbons (Fsp3) is 0.625. The normalized spacial score (nSPS) is 19.5. The molecule has 0 amide bonds. The van der Waals surface area contributed by atoms with Crippen LogP contribution < -0.4 is 5.32 Å². The molecule has 3 heteroatoms. The van der Waals surface area contributed by atoms with Gasteiger partial charge in [0.25, 0.3) is 0 Å². The molecule has 1 aliphatic heterocycles. The Hall–Kier alpha value is -0.900. The molecule has 3 nitrogen and oxygen atoms in total. The van der Waals surface area contributed by atoms with E-state index in [4.69, 9.17) is 0 Å². The second kappa shape index (κ2) is 7.04. The molecule has 2 N–H and O–H groups in total. The maximum Gasteiger partial charge on any atom is 0.0797 e. The van der Waals surface area contributed by atoms with Crippen molar-refractivity contribution in [1.29, 1.82) is 0 Å². The molecule has 2 rings (SSSR count). The lowest BCUT2D eigenvalue weighted by atomic mass is 9.89. The van der Waals surface area contributed by atoms with Crippen molar-refractivity contribution in [3.05, 3.63) is 35.9 Å². The molecule has 1 unspecified atom stereocenters. The zero-order valence-electron chi connectivity index (χ0n) is 11.9. The topological polar surface area (TPSA) is 35.5 Å². The van der Waals surface area contributed by atoms with Crippen LogP contribution in [0.25, 0.3) is 0 Å². The van der Waals surface area contributed by atoms with E-state index < -0.39 is 0 Å². The highest BCUT2D eigenvalue weighted by molar-refractivity contribution is 5.25. The van der Waals surface area contributed by atoms with Gasteiger partial charge in [-0.1, -0.05) is 37.3 Å². The van der Waals surface area contributed by atoms with Gasteiger partial charge in [-0.2, -0.15) is 0 Å². The standard InChI is InChI=1S/C16H26N2O/c1-2-10-17-16(14-19,13-18-11-6-7-12-18)15-8-4-3-5-9-15/h3-5,8-9,17,19H,2,6-7,10-14H2,1H3. The number of hydrogen-bond acceptors (Lipinski definition) is 3. The number of nitrogens with zero attached hydrogens (tertiary/aromatic N) is 1. The van der Waals surface area contributed by atoms with Crippen LogP contribution in [0.5, 0.6) is 0 Å². The van der Waals surface area contributed by atoms with Gasteiger partial charge in [0.05, 0.1) is 12.1 Å². The van der Waals surface area contributed by atoms with Crippen LogP contribution in [0.4, 0.5) is 0 Å². The van der Waals surface area contributed by atoms with Crippen molar-refractivity contribution in [2.45, 2.75) is 31.7 Å². The van der Waals surface area contributed by atoms with E-state index in [9.17, 15) is 5.11 Å². The lowest BCUT2D eigenvalue weighted by Gasteiger charge is -2.37. The van der Waals surface area contributed by atoms with Crippen LogP contribution in [-0.4, -0.2) is 42.8 Å². The third-order valence-corrected chi connectivity index (χ3v) is 4.00. The number of likely N-dealkylation sites (tertiary alicyclic amines) is 1. The summed E-state index contributed by atoms with van der Waals surface area (Å²) >= 11 is 0. The van der Waals surface area contributed by atoms with E-state index in [1.54, 1.807) is 0 Å². The third-order valence-electron chi connectivity index (χ3n) is 4.00. The molecule has 1 aliphatic rings. The monoisotopic (exact) mass is 262 g/mol. The Morgan fingerprint density at radius 3 is 2.47 bits per heavy atom. The summed E-state index contributed by atoms with van der Waals surface area (Å²) in [6, 6.07) is 10.4.